The summed E-state index contributed by atoms with van der Waals surface area (Å²) in [5, 5.41) is 2.64. The molecule has 2 aliphatic rings. The van der Waals surface area contributed by atoms with E-state index in [2.05, 4.69) is 5.32 Å². The molecule has 0 unspecified atom stereocenters. The second-order valence-electron chi connectivity index (χ2n) is 7.83. The van der Waals surface area contributed by atoms with Crippen LogP contribution in [0.5, 0.6) is 0 Å². The van der Waals surface area contributed by atoms with Crippen molar-refractivity contribution in [1.82, 2.24) is 10.2 Å². The monoisotopic (exact) mass is 334 g/mol. The van der Waals surface area contributed by atoms with Gasteiger partial charge in [-0.15, -0.1) is 0 Å². The maximum Gasteiger partial charge on any atom is 0.407 e. The van der Waals surface area contributed by atoms with Crippen molar-refractivity contribution in [1.29, 1.82) is 0 Å². The molecule has 2 amide bonds. The third-order valence-electron chi connectivity index (χ3n) is 4.87. The summed E-state index contributed by atoms with van der Waals surface area (Å²) in [7, 11) is 0. The van der Waals surface area contributed by atoms with Crippen molar-refractivity contribution in [3.63, 3.8) is 0 Å². The summed E-state index contributed by atoms with van der Waals surface area (Å²) in [6, 6.07) is 3.87. The van der Waals surface area contributed by atoms with E-state index in [-0.39, 0.29) is 30.3 Å². The Kier molecular flexibility index (Phi) is 4.32. The Bertz CT molecular complexity index is 599. The fourth-order valence-corrected chi connectivity index (χ4v) is 3.66. The number of ether oxygens (including phenoxy) is 1. The second-order valence-corrected chi connectivity index (χ2v) is 7.83. The number of hydrogen-bond donors (Lipinski definition) is 1. The molecule has 132 valence electrons. The van der Waals surface area contributed by atoms with Gasteiger partial charge in [-0.1, -0.05) is 6.42 Å². The zero-order valence-corrected chi connectivity index (χ0v) is 14.6. The summed E-state index contributed by atoms with van der Waals surface area (Å²) in [5.41, 5.74) is -0.321. The number of carbonyl (C=O) groups is 2. The van der Waals surface area contributed by atoms with Crippen molar-refractivity contribution >= 4 is 12.0 Å². The van der Waals surface area contributed by atoms with E-state index in [0.717, 1.165) is 25.1 Å². The van der Waals surface area contributed by atoms with E-state index in [1.165, 1.54) is 6.42 Å². The molecule has 0 radical (unpaired) electrons. The van der Waals surface area contributed by atoms with Crippen LogP contribution in [-0.4, -0.2) is 35.6 Å². The van der Waals surface area contributed by atoms with Gasteiger partial charge in [0.05, 0.1) is 12.3 Å². The maximum atomic E-state index is 12.5. The van der Waals surface area contributed by atoms with E-state index in [9.17, 15) is 9.59 Å². The van der Waals surface area contributed by atoms with Gasteiger partial charge in [-0.3, -0.25) is 4.79 Å². The van der Waals surface area contributed by atoms with Crippen LogP contribution in [0.2, 0.25) is 0 Å². The van der Waals surface area contributed by atoms with Gasteiger partial charge < -0.3 is 19.4 Å². The van der Waals surface area contributed by atoms with Crippen molar-refractivity contribution < 1.29 is 18.7 Å². The van der Waals surface area contributed by atoms with Crippen LogP contribution in [0, 0.1) is 5.41 Å². The summed E-state index contributed by atoms with van der Waals surface area (Å²) in [6.07, 6.45) is 4.96. The third-order valence-corrected chi connectivity index (χ3v) is 4.87. The predicted molar refractivity (Wildman–Crippen MR) is 88.3 cm³/mol. The molecule has 1 saturated carbocycles. The van der Waals surface area contributed by atoms with Crippen LogP contribution in [0.15, 0.2) is 22.8 Å². The first-order valence-electron chi connectivity index (χ1n) is 8.60. The summed E-state index contributed by atoms with van der Waals surface area (Å²) < 4.78 is 10.7. The van der Waals surface area contributed by atoms with E-state index in [1.807, 2.05) is 37.8 Å². The van der Waals surface area contributed by atoms with Crippen LogP contribution in [0.1, 0.15) is 58.3 Å². The molecule has 3 rings (SSSR count). The normalized spacial score (nSPS) is 21.8. The maximum absolute atomic E-state index is 12.5. The lowest BCUT2D eigenvalue weighted by atomic mass is 9.57. The summed E-state index contributed by atoms with van der Waals surface area (Å²) in [5.74, 6) is 0.916. The van der Waals surface area contributed by atoms with Crippen LogP contribution in [0.3, 0.4) is 0 Å². The van der Waals surface area contributed by atoms with E-state index in [0.29, 0.717) is 0 Å². The first kappa shape index (κ1) is 16.9. The van der Waals surface area contributed by atoms with Crippen LogP contribution < -0.4 is 5.32 Å². The molecule has 2 heterocycles. The van der Waals surface area contributed by atoms with Gasteiger partial charge in [-0.2, -0.15) is 0 Å². The minimum atomic E-state index is -0.535. The Morgan fingerprint density at radius 2 is 2.17 bits per heavy atom. The highest BCUT2D eigenvalue weighted by Gasteiger charge is 2.58. The lowest BCUT2D eigenvalue weighted by Gasteiger charge is -2.61. The Morgan fingerprint density at radius 1 is 1.42 bits per heavy atom. The number of hydrogen-bond acceptors (Lipinski definition) is 4. The summed E-state index contributed by atoms with van der Waals surface area (Å²) in [4.78, 5) is 26.0. The minimum Gasteiger partial charge on any atom is -0.467 e. The van der Waals surface area contributed by atoms with Crippen molar-refractivity contribution in [2.24, 2.45) is 5.41 Å². The molecule has 1 aliphatic heterocycles. The van der Waals surface area contributed by atoms with E-state index >= 15 is 0 Å². The minimum absolute atomic E-state index is 0.0463. The largest absolute Gasteiger partial charge is 0.467 e. The lowest BCUT2D eigenvalue weighted by molar-refractivity contribution is -0.171. The molecule has 24 heavy (non-hydrogen) atoms. The zero-order valence-electron chi connectivity index (χ0n) is 14.6. The van der Waals surface area contributed by atoms with Crippen molar-refractivity contribution in [2.45, 2.75) is 58.1 Å². The molecule has 2 fully saturated rings. The highest BCUT2D eigenvalue weighted by atomic mass is 16.6. The van der Waals surface area contributed by atoms with Gasteiger partial charge in [0.1, 0.15) is 11.4 Å². The summed E-state index contributed by atoms with van der Waals surface area (Å²) in [6.45, 7) is 6.50. The number of likely N-dealkylation sites (tertiary alicyclic amines) is 1. The fourth-order valence-electron chi connectivity index (χ4n) is 3.66. The van der Waals surface area contributed by atoms with E-state index in [1.54, 1.807) is 6.26 Å². The predicted octanol–water partition coefficient (Wildman–Crippen LogP) is 3.25. The molecule has 0 bridgehead atoms. The number of nitrogens with zero attached hydrogens (tertiary/aromatic N) is 1. The molecular formula is C18H26N2O4. The van der Waals surface area contributed by atoms with Crippen LogP contribution in [0.4, 0.5) is 4.79 Å². The number of rotatable bonds is 4. The van der Waals surface area contributed by atoms with Crippen molar-refractivity contribution in [3.8, 4) is 0 Å². The molecular weight excluding hydrogens is 308 g/mol. The van der Waals surface area contributed by atoms with Crippen LogP contribution in [0.25, 0.3) is 0 Å². The Balaban J connectivity index is 1.51. The van der Waals surface area contributed by atoms with Crippen LogP contribution in [-0.2, 0) is 9.53 Å². The first-order valence-corrected chi connectivity index (χ1v) is 8.60. The van der Waals surface area contributed by atoms with E-state index in [4.69, 9.17) is 9.15 Å². The SMILES string of the molecule is CC(C)(C)OC(=O)NCCC(=O)N1CC2(CCC2)[C@@H]1c1ccco1. The second kappa shape index (κ2) is 6.15. The van der Waals surface area contributed by atoms with Gasteiger partial charge in [0.25, 0.3) is 0 Å². The Labute approximate surface area is 142 Å². The third kappa shape index (κ3) is 3.28. The number of alkyl carbamates (subject to hydrolysis) is 1. The molecule has 1 saturated heterocycles. The highest BCUT2D eigenvalue weighted by Crippen LogP contribution is 2.60. The van der Waals surface area contributed by atoms with Gasteiger partial charge in [0.2, 0.25) is 5.91 Å². The average molecular weight is 334 g/mol. The standard InChI is InChI=1S/C18H26N2O4/c1-17(2,3)24-16(22)19-10-7-14(21)20-12-18(8-5-9-18)15(20)13-6-4-11-23-13/h4,6,11,15H,5,7-10,12H2,1-3H3,(H,19,22)/t15-/m0/s1. The number of carbonyl (C=O) groups excluding carboxylic acids is 2. The van der Waals surface area contributed by atoms with Crippen molar-refractivity contribution in [2.75, 3.05) is 13.1 Å². The molecule has 1 atom stereocenters. The molecule has 6 heteroatoms. The first-order chi connectivity index (χ1) is 11.3. The summed E-state index contributed by atoms with van der Waals surface area (Å²) >= 11 is 0. The zero-order chi connectivity index (χ0) is 17.4. The quantitative estimate of drug-likeness (QED) is 0.917. The number of nitrogens with one attached hydrogen (secondary N) is 1. The molecule has 1 aromatic heterocycles. The molecule has 1 N–H and O–H groups in total. The molecule has 1 spiro atoms. The van der Waals surface area contributed by atoms with Gasteiger partial charge in [0, 0.05) is 24.9 Å². The van der Waals surface area contributed by atoms with Gasteiger partial charge in [-0.25, -0.2) is 4.79 Å². The average Bonchev–Trinajstić information content (AvgIpc) is 2.87. The smallest absolute Gasteiger partial charge is 0.407 e. The number of amides is 2. The fraction of sp³-hybridized carbons (Fsp3) is 0.667. The highest BCUT2D eigenvalue weighted by molar-refractivity contribution is 5.79. The molecule has 1 aromatic rings. The Hall–Kier alpha value is -1.98. The molecule has 1 aliphatic carbocycles. The van der Waals surface area contributed by atoms with E-state index < -0.39 is 11.7 Å². The van der Waals surface area contributed by atoms with Crippen LogP contribution >= 0.6 is 0 Å². The topological polar surface area (TPSA) is 71.8 Å². The Morgan fingerprint density at radius 3 is 2.71 bits per heavy atom. The number of furan rings is 1. The van der Waals surface area contributed by atoms with Crippen molar-refractivity contribution in [3.05, 3.63) is 24.2 Å². The van der Waals surface area contributed by atoms with Gasteiger partial charge in [0.15, 0.2) is 0 Å². The molecule has 6 nitrogen and oxygen atoms in total. The lowest BCUT2D eigenvalue weighted by Crippen LogP contribution is -2.63. The van der Waals surface area contributed by atoms with Gasteiger partial charge >= 0.3 is 6.09 Å². The van der Waals surface area contributed by atoms with Gasteiger partial charge in [-0.05, 0) is 45.7 Å². The molecule has 0 aromatic carbocycles.